The van der Waals surface area contributed by atoms with Gasteiger partial charge in [0.25, 0.3) is 0 Å². The Morgan fingerprint density at radius 2 is 2.10 bits per heavy atom. The van der Waals surface area contributed by atoms with E-state index in [1.807, 2.05) is 17.5 Å². The Morgan fingerprint density at radius 1 is 1.24 bits per heavy atom. The molecule has 0 fully saturated rings. The number of phenolic OH excluding ortho intramolecular Hbond substituents is 1. The second kappa shape index (κ2) is 6.93. The zero-order chi connectivity index (χ0) is 20.0. The maximum Gasteiger partial charge on any atom is 0.219 e. The Labute approximate surface area is 170 Å². The van der Waals surface area contributed by atoms with Crippen molar-refractivity contribution in [3.05, 3.63) is 57.4 Å². The van der Waals surface area contributed by atoms with Crippen LogP contribution < -0.4 is 15.4 Å². The number of allylic oxidation sites excluding steroid dienone is 1. The monoisotopic (exact) mass is 410 g/mol. The van der Waals surface area contributed by atoms with Crippen molar-refractivity contribution in [2.45, 2.75) is 24.8 Å². The molecule has 9 heteroatoms. The first-order chi connectivity index (χ1) is 14.1. The van der Waals surface area contributed by atoms with Crippen LogP contribution in [0.3, 0.4) is 0 Å². The van der Waals surface area contributed by atoms with Gasteiger partial charge in [0.15, 0.2) is 17.3 Å². The minimum Gasteiger partial charge on any atom is -0.504 e. The molecule has 2 aliphatic rings. The number of aromatic nitrogens is 2. The van der Waals surface area contributed by atoms with E-state index in [0.29, 0.717) is 35.8 Å². The number of hydrogen-bond donors (Lipinski definition) is 3. The molecule has 1 aromatic carbocycles. The van der Waals surface area contributed by atoms with E-state index in [4.69, 9.17) is 9.37 Å². The summed E-state index contributed by atoms with van der Waals surface area (Å²) < 4.78 is 10.0. The van der Waals surface area contributed by atoms with Crippen LogP contribution in [0.5, 0.6) is 11.5 Å². The van der Waals surface area contributed by atoms with Crippen LogP contribution >= 0.6 is 11.3 Å². The number of thiophene rings is 1. The molecule has 2 atom stereocenters. The van der Waals surface area contributed by atoms with Gasteiger partial charge in [0.2, 0.25) is 11.6 Å². The van der Waals surface area contributed by atoms with Gasteiger partial charge in [0.1, 0.15) is 0 Å². The summed E-state index contributed by atoms with van der Waals surface area (Å²) in [5.74, 6) is 1.39. The highest BCUT2D eigenvalue weighted by Crippen LogP contribution is 2.45. The summed E-state index contributed by atoms with van der Waals surface area (Å²) in [4.78, 5) is 14.4. The van der Waals surface area contributed by atoms with Crippen LogP contribution in [0.2, 0.25) is 0 Å². The number of nitrogens with one attached hydrogen (secondary N) is 2. The number of ether oxygens (including phenoxy) is 1. The van der Waals surface area contributed by atoms with Crippen molar-refractivity contribution in [1.29, 1.82) is 0 Å². The molecule has 0 saturated heterocycles. The Bertz CT molecular complexity index is 1110. The third-order valence-corrected chi connectivity index (χ3v) is 6.35. The Hall–Kier alpha value is -3.33. The molecule has 1 aliphatic carbocycles. The summed E-state index contributed by atoms with van der Waals surface area (Å²) in [5.41, 5.74) is 2.14. The smallest absolute Gasteiger partial charge is 0.219 e. The topological polar surface area (TPSA) is 110 Å². The maximum absolute atomic E-state index is 13.3. The van der Waals surface area contributed by atoms with Crippen molar-refractivity contribution in [3.63, 3.8) is 0 Å². The summed E-state index contributed by atoms with van der Waals surface area (Å²) >= 11 is 1.65. The molecule has 0 unspecified atom stereocenters. The first-order valence-electron chi connectivity index (χ1n) is 9.16. The number of ketones is 1. The normalized spacial score (nSPS) is 20.9. The van der Waals surface area contributed by atoms with Gasteiger partial charge in [-0.3, -0.25) is 4.79 Å². The number of carbonyl (C=O) groups is 1. The summed E-state index contributed by atoms with van der Waals surface area (Å²) in [5, 5.41) is 26.6. The molecule has 0 saturated carbocycles. The summed E-state index contributed by atoms with van der Waals surface area (Å²) in [6.45, 7) is 0. The molecule has 0 bridgehead atoms. The Balaban J connectivity index is 1.61. The SMILES string of the molecule is COc1ccc([C@@H]2Nc3nonc3NC3=C2C(=O)C[C@H](c2cccs2)C3)cc1O. The molecular weight excluding hydrogens is 392 g/mol. The molecule has 148 valence electrons. The number of Topliss-reactive ketones (excluding diaryl/α,β-unsaturated/α-hetero) is 1. The van der Waals surface area contributed by atoms with E-state index in [9.17, 15) is 9.90 Å². The number of phenols is 1. The van der Waals surface area contributed by atoms with Crippen LogP contribution in [0.4, 0.5) is 11.6 Å². The molecule has 5 rings (SSSR count). The number of aromatic hydroxyl groups is 1. The summed E-state index contributed by atoms with van der Waals surface area (Å²) in [6, 6.07) is 8.65. The second-order valence-corrected chi connectivity index (χ2v) is 8.01. The fourth-order valence-electron chi connectivity index (χ4n) is 3.96. The average Bonchev–Trinajstić information content (AvgIpc) is 3.37. The van der Waals surface area contributed by atoms with E-state index in [1.54, 1.807) is 23.5 Å². The first kappa shape index (κ1) is 17.7. The highest BCUT2D eigenvalue weighted by molar-refractivity contribution is 7.10. The van der Waals surface area contributed by atoms with E-state index in [1.165, 1.54) is 12.0 Å². The number of benzene rings is 1. The number of fused-ring (bicyclic) bond motifs is 1. The lowest BCUT2D eigenvalue weighted by atomic mass is 9.81. The van der Waals surface area contributed by atoms with E-state index in [0.717, 1.165) is 11.3 Å². The number of rotatable bonds is 3. The molecule has 29 heavy (non-hydrogen) atoms. The molecule has 3 aromatic rings. The quantitative estimate of drug-likeness (QED) is 0.598. The predicted molar refractivity (Wildman–Crippen MR) is 107 cm³/mol. The highest BCUT2D eigenvalue weighted by atomic mass is 32.1. The minimum absolute atomic E-state index is 0.00405. The molecule has 3 heterocycles. The number of carbonyl (C=O) groups excluding carboxylic acids is 1. The average molecular weight is 410 g/mol. The van der Waals surface area contributed by atoms with Gasteiger partial charge in [-0.2, -0.15) is 0 Å². The van der Waals surface area contributed by atoms with E-state index in [-0.39, 0.29) is 17.5 Å². The minimum atomic E-state index is -0.501. The van der Waals surface area contributed by atoms with E-state index < -0.39 is 6.04 Å². The fraction of sp³-hybridized carbons (Fsp3) is 0.250. The van der Waals surface area contributed by atoms with Gasteiger partial charge in [-0.15, -0.1) is 11.3 Å². The van der Waals surface area contributed by atoms with Gasteiger partial charge in [0, 0.05) is 28.5 Å². The maximum atomic E-state index is 13.3. The van der Waals surface area contributed by atoms with Gasteiger partial charge >= 0.3 is 0 Å². The number of nitrogens with zero attached hydrogens (tertiary/aromatic N) is 2. The van der Waals surface area contributed by atoms with Crippen LogP contribution in [-0.2, 0) is 4.79 Å². The first-order valence-corrected chi connectivity index (χ1v) is 10.0. The second-order valence-electron chi connectivity index (χ2n) is 7.03. The van der Waals surface area contributed by atoms with Crippen LogP contribution in [0.1, 0.15) is 35.2 Å². The Kier molecular flexibility index (Phi) is 4.24. The number of methoxy groups -OCH3 is 1. The van der Waals surface area contributed by atoms with Crippen molar-refractivity contribution in [3.8, 4) is 11.5 Å². The van der Waals surface area contributed by atoms with Gasteiger partial charge in [-0.25, -0.2) is 4.63 Å². The zero-order valence-electron chi connectivity index (χ0n) is 15.5. The van der Waals surface area contributed by atoms with Gasteiger partial charge in [0.05, 0.1) is 13.2 Å². The molecular formula is C20H18N4O4S. The molecule has 0 spiro atoms. The lowest BCUT2D eigenvalue weighted by Gasteiger charge is -2.29. The standard InChI is InChI=1S/C20H18N4O4S/c1-27-15-5-4-10(8-13(15)25)18-17-12(21-19-20(22-18)24-28-23-19)7-11(9-14(17)26)16-3-2-6-29-16/h2-6,8,11,18,25H,7,9H2,1H3,(H,21,23)(H,22,24)/t11-,18+/m1/s1. The van der Waals surface area contributed by atoms with Crippen molar-refractivity contribution in [1.82, 2.24) is 10.3 Å². The molecule has 0 radical (unpaired) electrons. The Morgan fingerprint density at radius 3 is 2.86 bits per heavy atom. The summed E-state index contributed by atoms with van der Waals surface area (Å²) in [6.07, 6.45) is 1.10. The van der Waals surface area contributed by atoms with Crippen molar-refractivity contribution in [2.24, 2.45) is 0 Å². The van der Waals surface area contributed by atoms with Crippen molar-refractivity contribution >= 4 is 28.8 Å². The van der Waals surface area contributed by atoms with Crippen LogP contribution in [0, 0.1) is 0 Å². The zero-order valence-corrected chi connectivity index (χ0v) is 16.3. The van der Waals surface area contributed by atoms with Crippen molar-refractivity contribution in [2.75, 3.05) is 17.7 Å². The molecule has 8 nitrogen and oxygen atoms in total. The third kappa shape index (κ3) is 3.03. The number of hydrogen-bond acceptors (Lipinski definition) is 9. The van der Waals surface area contributed by atoms with Gasteiger partial charge in [-0.1, -0.05) is 12.1 Å². The van der Waals surface area contributed by atoms with E-state index in [2.05, 4.69) is 27.0 Å². The van der Waals surface area contributed by atoms with Crippen LogP contribution in [0.25, 0.3) is 0 Å². The van der Waals surface area contributed by atoms with Crippen LogP contribution in [-0.4, -0.2) is 28.3 Å². The highest BCUT2D eigenvalue weighted by Gasteiger charge is 2.37. The van der Waals surface area contributed by atoms with E-state index >= 15 is 0 Å². The number of anilines is 2. The molecule has 2 aromatic heterocycles. The third-order valence-electron chi connectivity index (χ3n) is 5.32. The lowest BCUT2D eigenvalue weighted by Crippen LogP contribution is -2.26. The fourth-order valence-corrected chi connectivity index (χ4v) is 4.79. The molecule has 0 amide bonds. The predicted octanol–water partition coefficient (Wildman–Crippen LogP) is 3.82. The summed E-state index contributed by atoms with van der Waals surface area (Å²) in [7, 11) is 1.49. The van der Waals surface area contributed by atoms with Gasteiger partial charge in [-0.05, 0) is 45.9 Å². The molecule has 3 N–H and O–H groups in total. The van der Waals surface area contributed by atoms with Crippen LogP contribution in [0.15, 0.2) is 51.6 Å². The molecule has 1 aliphatic heterocycles. The van der Waals surface area contributed by atoms with Gasteiger partial charge < -0.3 is 20.5 Å². The lowest BCUT2D eigenvalue weighted by molar-refractivity contribution is -0.116. The van der Waals surface area contributed by atoms with Crippen molar-refractivity contribution < 1.29 is 19.3 Å². The largest absolute Gasteiger partial charge is 0.504 e.